The SMILES string of the molecule is Cc1nn([C@@H]2CCS(=O)(=O)C2)c(Cl)c1/C=C1\N=C(c2ccc(OC(F)F)cc2)OC1=O. The summed E-state index contributed by atoms with van der Waals surface area (Å²) in [6.45, 7) is -1.26. The molecule has 2 aliphatic rings. The molecule has 8 nitrogen and oxygen atoms in total. The number of carbonyl (C=O) groups excluding carboxylic acids is 1. The highest BCUT2D eigenvalue weighted by atomic mass is 35.5. The van der Waals surface area contributed by atoms with Crippen molar-refractivity contribution >= 4 is 39.4 Å². The molecule has 1 fully saturated rings. The molecule has 1 atom stereocenters. The number of ether oxygens (including phenoxy) is 2. The van der Waals surface area contributed by atoms with Crippen LogP contribution in [0.1, 0.15) is 29.3 Å². The number of hydrogen-bond acceptors (Lipinski definition) is 7. The fraction of sp³-hybridized carbons (Fsp3) is 0.316. The summed E-state index contributed by atoms with van der Waals surface area (Å²) < 4.78 is 59.0. The first-order chi connectivity index (χ1) is 14.6. The van der Waals surface area contributed by atoms with Gasteiger partial charge in [-0.25, -0.2) is 22.9 Å². The summed E-state index contributed by atoms with van der Waals surface area (Å²) in [5, 5.41) is 4.54. The first-order valence-electron chi connectivity index (χ1n) is 9.16. The number of nitrogens with zero attached hydrogens (tertiary/aromatic N) is 3. The second-order valence-corrected chi connectivity index (χ2v) is 9.62. The van der Waals surface area contributed by atoms with Crippen LogP contribution < -0.4 is 4.74 Å². The molecular weight excluding hydrogens is 456 g/mol. The Morgan fingerprint density at radius 3 is 2.65 bits per heavy atom. The first-order valence-corrected chi connectivity index (χ1v) is 11.4. The van der Waals surface area contributed by atoms with Crippen LogP contribution in [0.3, 0.4) is 0 Å². The lowest BCUT2D eigenvalue weighted by molar-refractivity contribution is -0.129. The van der Waals surface area contributed by atoms with Crippen molar-refractivity contribution in [2.24, 2.45) is 4.99 Å². The average molecular weight is 472 g/mol. The predicted molar refractivity (Wildman–Crippen MR) is 108 cm³/mol. The molecule has 1 aromatic carbocycles. The van der Waals surface area contributed by atoms with E-state index in [9.17, 15) is 22.0 Å². The second kappa shape index (κ2) is 8.04. The van der Waals surface area contributed by atoms with Gasteiger partial charge in [0.05, 0.1) is 23.2 Å². The van der Waals surface area contributed by atoms with Crippen molar-refractivity contribution in [1.29, 1.82) is 0 Å². The van der Waals surface area contributed by atoms with Crippen LogP contribution in [0, 0.1) is 6.92 Å². The van der Waals surface area contributed by atoms with E-state index >= 15 is 0 Å². The zero-order valence-electron chi connectivity index (χ0n) is 16.1. The number of halogens is 3. The van der Waals surface area contributed by atoms with E-state index in [1.165, 1.54) is 35.0 Å². The number of aromatic nitrogens is 2. The standard InChI is InChI=1S/C19H16ClF2N3O5S/c1-10-14(16(20)25(24-10)12-6-7-31(27,28)9-12)8-15-18(26)30-17(23-15)11-2-4-13(5-3-11)29-19(21)22/h2-5,8,12,19H,6-7,9H2,1H3/b15-8-/t12-/m1/s1. The number of carbonyl (C=O) groups is 1. The van der Waals surface area contributed by atoms with Crippen LogP contribution in [0.2, 0.25) is 5.15 Å². The zero-order chi connectivity index (χ0) is 22.3. The molecule has 0 radical (unpaired) electrons. The summed E-state index contributed by atoms with van der Waals surface area (Å²) in [7, 11) is -3.12. The van der Waals surface area contributed by atoms with Gasteiger partial charge in [-0.3, -0.25) is 0 Å². The lowest BCUT2D eigenvalue weighted by Crippen LogP contribution is -2.12. The fourth-order valence-corrected chi connectivity index (χ4v) is 5.41. The van der Waals surface area contributed by atoms with Gasteiger partial charge in [-0.1, -0.05) is 11.6 Å². The number of sulfone groups is 1. The van der Waals surface area contributed by atoms with E-state index in [1.807, 2.05) is 0 Å². The minimum atomic E-state index is -3.12. The van der Waals surface area contributed by atoms with Crippen LogP contribution in [-0.4, -0.2) is 48.2 Å². The number of rotatable bonds is 5. The molecule has 1 aromatic heterocycles. The van der Waals surface area contributed by atoms with E-state index in [0.29, 0.717) is 23.2 Å². The van der Waals surface area contributed by atoms with Crippen molar-refractivity contribution in [2.45, 2.75) is 26.0 Å². The molecule has 2 aromatic rings. The van der Waals surface area contributed by atoms with Gasteiger partial charge in [0, 0.05) is 11.1 Å². The van der Waals surface area contributed by atoms with Gasteiger partial charge < -0.3 is 9.47 Å². The Morgan fingerprint density at radius 1 is 1.32 bits per heavy atom. The Balaban J connectivity index is 1.60. The third-order valence-corrected chi connectivity index (χ3v) is 6.98. The molecule has 0 amide bonds. The maximum Gasteiger partial charge on any atom is 0.387 e. The quantitative estimate of drug-likeness (QED) is 0.490. The Bertz CT molecular complexity index is 1210. The smallest absolute Gasteiger partial charge is 0.387 e. The number of alkyl halides is 2. The molecule has 12 heteroatoms. The molecule has 0 spiro atoms. The topological polar surface area (TPSA) is 99.8 Å². The highest BCUT2D eigenvalue weighted by Gasteiger charge is 2.32. The average Bonchev–Trinajstić information content (AvgIpc) is 3.33. The van der Waals surface area contributed by atoms with Gasteiger partial charge >= 0.3 is 12.6 Å². The van der Waals surface area contributed by atoms with Crippen LogP contribution in [0.25, 0.3) is 6.08 Å². The molecule has 164 valence electrons. The maximum atomic E-state index is 12.3. The third-order valence-electron chi connectivity index (χ3n) is 4.85. The molecule has 3 heterocycles. The monoisotopic (exact) mass is 471 g/mol. The van der Waals surface area contributed by atoms with Crippen molar-refractivity contribution in [3.8, 4) is 5.75 Å². The summed E-state index contributed by atoms with van der Waals surface area (Å²) in [6, 6.07) is 5.11. The maximum absolute atomic E-state index is 12.3. The van der Waals surface area contributed by atoms with Crippen molar-refractivity contribution < 1.29 is 31.5 Å². The van der Waals surface area contributed by atoms with Gasteiger partial charge in [0.15, 0.2) is 15.5 Å². The summed E-state index contributed by atoms with van der Waals surface area (Å²) in [5.41, 5.74) is 1.31. The van der Waals surface area contributed by atoms with Crippen LogP contribution in [0.5, 0.6) is 5.75 Å². The van der Waals surface area contributed by atoms with Crippen molar-refractivity contribution in [3.05, 3.63) is 51.9 Å². The van der Waals surface area contributed by atoms with E-state index in [1.54, 1.807) is 6.92 Å². The highest BCUT2D eigenvalue weighted by Crippen LogP contribution is 2.32. The molecule has 0 bridgehead atoms. The Labute approximate surface area is 181 Å². The van der Waals surface area contributed by atoms with Gasteiger partial charge in [0.1, 0.15) is 10.9 Å². The number of aliphatic imine (C=N–C) groups is 1. The van der Waals surface area contributed by atoms with Gasteiger partial charge in [-0.15, -0.1) is 0 Å². The lowest BCUT2D eigenvalue weighted by Gasteiger charge is -2.09. The fourth-order valence-electron chi connectivity index (χ4n) is 3.35. The zero-order valence-corrected chi connectivity index (χ0v) is 17.7. The van der Waals surface area contributed by atoms with Crippen LogP contribution in [-0.2, 0) is 19.4 Å². The normalized spacial score (nSPS) is 21.6. The van der Waals surface area contributed by atoms with Gasteiger partial charge in [-0.2, -0.15) is 13.9 Å². The number of cyclic esters (lactones) is 1. The predicted octanol–water partition coefficient (Wildman–Crippen LogP) is 3.15. The van der Waals surface area contributed by atoms with E-state index in [-0.39, 0.29) is 40.0 Å². The summed E-state index contributed by atoms with van der Waals surface area (Å²) in [6.07, 6.45) is 1.84. The molecule has 0 N–H and O–H groups in total. The van der Waals surface area contributed by atoms with Gasteiger partial charge in [-0.05, 0) is 43.7 Å². The molecule has 0 unspecified atom stereocenters. The number of hydrogen-bond donors (Lipinski definition) is 0. The van der Waals surface area contributed by atoms with Gasteiger partial charge in [0.2, 0.25) is 5.90 Å². The van der Waals surface area contributed by atoms with Crippen molar-refractivity contribution in [3.63, 3.8) is 0 Å². The van der Waals surface area contributed by atoms with Crippen LogP contribution in [0.4, 0.5) is 8.78 Å². The van der Waals surface area contributed by atoms with Crippen molar-refractivity contribution in [2.75, 3.05) is 11.5 Å². The van der Waals surface area contributed by atoms with E-state index < -0.39 is 22.4 Å². The number of aryl methyl sites for hydroxylation is 1. The Hall–Kier alpha value is -2.79. The van der Waals surface area contributed by atoms with Crippen LogP contribution in [0.15, 0.2) is 35.0 Å². The lowest BCUT2D eigenvalue weighted by atomic mass is 10.2. The molecule has 0 saturated carbocycles. The first kappa shape index (κ1) is 21.4. The van der Waals surface area contributed by atoms with Crippen LogP contribution >= 0.6 is 11.6 Å². The largest absolute Gasteiger partial charge is 0.435 e. The minimum absolute atomic E-state index is 0.00269. The van der Waals surface area contributed by atoms with Crippen molar-refractivity contribution in [1.82, 2.24) is 9.78 Å². The van der Waals surface area contributed by atoms with E-state index in [2.05, 4.69) is 14.8 Å². The number of esters is 1. The minimum Gasteiger partial charge on any atom is -0.435 e. The highest BCUT2D eigenvalue weighted by molar-refractivity contribution is 7.91. The summed E-state index contributed by atoms with van der Waals surface area (Å²) >= 11 is 6.43. The Morgan fingerprint density at radius 2 is 2.03 bits per heavy atom. The second-order valence-electron chi connectivity index (χ2n) is 7.03. The summed E-state index contributed by atoms with van der Waals surface area (Å²) in [5.74, 6) is -0.718. The molecule has 4 rings (SSSR count). The molecule has 31 heavy (non-hydrogen) atoms. The summed E-state index contributed by atoms with van der Waals surface area (Å²) in [4.78, 5) is 16.4. The molecule has 0 aliphatic carbocycles. The molecule has 1 saturated heterocycles. The third kappa shape index (κ3) is 4.47. The van der Waals surface area contributed by atoms with E-state index in [0.717, 1.165) is 0 Å². The molecular formula is C19H16ClF2N3O5S. The number of benzene rings is 1. The van der Waals surface area contributed by atoms with E-state index in [4.69, 9.17) is 16.3 Å². The van der Waals surface area contributed by atoms with Gasteiger partial charge in [0.25, 0.3) is 0 Å². The Kier molecular flexibility index (Phi) is 5.56. The molecule has 2 aliphatic heterocycles.